The lowest BCUT2D eigenvalue weighted by Gasteiger charge is -2.18. The molecule has 2 aromatic rings. The van der Waals surface area contributed by atoms with Crippen molar-refractivity contribution in [3.63, 3.8) is 0 Å². The standard InChI is InChI=1S/C16H18N4O3.C2HF3O2/c21-14-8-13(18-16(23)19-14)15(22)17-9-11-6-7-20(10-11)12-4-2-1-3-5-12;3-2(4,5)1(6)7/h1-5,8,11H,6-7,9-10H2,(H,17,22)(H2,18,19,21,23);(H,6,7). The van der Waals surface area contributed by atoms with Crippen LogP contribution in [0, 0.1) is 5.92 Å². The van der Waals surface area contributed by atoms with E-state index in [2.05, 4.69) is 27.3 Å². The van der Waals surface area contributed by atoms with Crippen molar-refractivity contribution < 1.29 is 27.9 Å². The number of halogens is 3. The highest BCUT2D eigenvalue weighted by molar-refractivity contribution is 5.92. The van der Waals surface area contributed by atoms with Gasteiger partial charge in [0.05, 0.1) is 0 Å². The molecule has 1 fully saturated rings. The summed E-state index contributed by atoms with van der Waals surface area (Å²) < 4.78 is 31.7. The van der Waals surface area contributed by atoms with Crippen LogP contribution in [-0.2, 0) is 4.79 Å². The largest absolute Gasteiger partial charge is 0.490 e. The molecule has 0 spiro atoms. The van der Waals surface area contributed by atoms with Gasteiger partial charge >= 0.3 is 17.8 Å². The third-order valence-electron chi connectivity index (χ3n) is 4.21. The van der Waals surface area contributed by atoms with E-state index in [1.807, 2.05) is 23.2 Å². The van der Waals surface area contributed by atoms with Crippen molar-refractivity contribution in [1.29, 1.82) is 0 Å². The molecular weight excluding hydrogens is 409 g/mol. The number of benzene rings is 1. The van der Waals surface area contributed by atoms with E-state index in [1.54, 1.807) is 0 Å². The molecule has 1 saturated heterocycles. The minimum Gasteiger partial charge on any atom is -0.475 e. The van der Waals surface area contributed by atoms with E-state index in [0.29, 0.717) is 12.5 Å². The zero-order valence-corrected chi connectivity index (χ0v) is 15.5. The molecule has 9 nitrogen and oxygen atoms in total. The quantitative estimate of drug-likeness (QED) is 0.573. The Hall–Kier alpha value is -3.57. The Balaban J connectivity index is 0.000000396. The van der Waals surface area contributed by atoms with Gasteiger partial charge in [0.25, 0.3) is 11.5 Å². The molecule has 1 unspecified atom stereocenters. The average Bonchev–Trinajstić information content (AvgIpc) is 3.15. The first-order chi connectivity index (χ1) is 14.1. The molecule has 0 bridgehead atoms. The number of carboxylic acid groups (broad SMARTS) is 1. The Labute approximate surface area is 167 Å². The Bertz CT molecular complexity index is 959. The lowest BCUT2D eigenvalue weighted by atomic mass is 10.1. The number of aromatic amines is 2. The normalized spacial score (nSPS) is 15.8. The fraction of sp³-hybridized carbons (Fsp3) is 0.333. The van der Waals surface area contributed by atoms with E-state index in [4.69, 9.17) is 9.90 Å². The molecule has 3 rings (SSSR count). The number of anilines is 1. The predicted octanol–water partition coefficient (Wildman–Crippen LogP) is 0.953. The van der Waals surface area contributed by atoms with Crippen LogP contribution >= 0.6 is 0 Å². The maximum absolute atomic E-state index is 12.0. The smallest absolute Gasteiger partial charge is 0.475 e. The van der Waals surface area contributed by atoms with Gasteiger partial charge in [-0.2, -0.15) is 13.2 Å². The number of aliphatic carboxylic acids is 1. The molecule has 0 aliphatic carbocycles. The van der Waals surface area contributed by atoms with Crippen LogP contribution in [0.15, 0.2) is 46.0 Å². The van der Waals surface area contributed by atoms with E-state index >= 15 is 0 Å². The first-order valence-electron chi connectivity index (χ1n) is 8.78. The van der Waals surface area contributed by atoms with Crippen LogP contribution < -0.4 is 21.5 Å². The Morgan fingerprint density at radius 3 is 2.37 bits per heavy atom. The second kappa shape index (κ2) is 9.76. The topological polar surface area (TPSA) is 135 Å². The number of H-pyrrole nitrogens is 2. The van der Waals surface area contributed by atoms with Gasteiger partial charge in [0.15, 0.2) is 0 Å². The van der Waals surface area contributed by atoms with Crippen molar-refractivity contribution in [2.75, 3.05) is 24.5 Å². The number of alkyl halides is 3. The maximum atomic E-state index is 12.0. The number of nitrogens with one attached hydrogen (secondary N) is 3. The van der Waals surface area contributed by atoms with Gasteiger partial charge in [-0.05, 0) is 24.5 Å². The van der Waals surface area contributed by atoms with Crippen LogP contribution in [0.5, 0.6) is 0 Å². The van der Waals surface area contributed by atoms with Gasteiger partial charge in [-0.3, -0.25) is 14.6 Å². The maximum Gasteiger partial charge on any atom is 0.490 e. The lowest BCUT2D eigenvalue weighted by Crippen LogP contribution is -2.34. The van der Waals surface area contributed by atoms with Crippen molar-refractivity contribution in [3.8, 4) is 0 Å². The van der Waals surface area contributed by atoms with Gasteiger partial charge in [0.1, 0.15) is 5.69 Å². The summed E-state index contributed by atoms with van der Waals surface area (Å²) in [4.78, 5) is 49.9. The third kappa shape index (κ3) is 6.79. The van der Waals surface area contributed by atoms with Gasteiger partial charge in [0.2, 0.25) is 0 Å². The van der Waals surface area contributed by atoms with Gasteiger partial charge in [-0.1, -0.05) is 18.2 Å². The molecule has 2 heterocycles. The Kier molecular flexibility index (Phi) is 7.39. The SMILES string of the molecule is O=C(NCC1CCN(c2ccccc2)C1)c1cc(=O)[nH]c(=O)[nH]1.O=C(O)C(F)(F)F. The minimum atomic E-state index is -5.08. The summed E-state index contributed by atoms with van der Waals surface area (Å²) in [7, 11) is 0. The molecule has 162 valence electrons. The second-order valence-electron chi connectivity index (χ2n) is 6.45. The fourth-order valence-corrected chi connectivity index (χ4v) is 2.80. The number of amides is 1. The average molecular weight is 428 g/mol. The molecule has 12 heteroatoms. The van der Waals surface area contributed by atoms with Gasteiger partial charge in [-0.15, -0.1) is 0 Å². The van der Waals surface area contributed by atoms with Gasteiger partial charge < -0.3 is 20.3 Å². The summed E-state index contributed by atoms with van der Waals surface area (Å²) in [5.41, 5.74) is -0.106. The summed E-state index contributed by atoms with van der Waals surface area (Å²) in [6.45, 7) is 2.33. The number of carbonyl (C=O) groups is 2. The first kappa shape index (κ1) is 22.7. The second-order valence-corrected chi connectivity index (χ2v) is 6.45. The number of hydrogen-bond acceptors (Lipinski definition) is 5. The first-order valence-corrected chi connectivity index (χ1v) is 8.78. The van der Waals surface area contributed by atoms with Gasteiger partial charge in [0, 0.05) is 31.4 Å². The lowest BCUT2D eigenvalue weighted by molar-refractivity contribution is -0.192. The van der Waals surface area contributed by atoms with Crippen LogP contribution in [0.2, 0.25) is 0 Å². The highest BCUT2D eigenvalue weighted by atomic mass is 19.4. The number of hydrogen-bond donors (Lipinski definition) is 4. The molecule has 1 aromatic heterocycles. The molecule has 1 aliphatic heterocycles. The van der Waals surface area contributed by atoms with Crippen molar-refractivity contribution in [3.05, 3.63) is 62.9 Å². The summed E-state index contributed by atoms with van der Waals surface area (Å²) in [6.07, 6.45) is -4.10. The number of carbonyl (C=O) groups excluding carboxylic acids is 1. The number of nitrogens with zero attached hydrogens (tertiary/aromatic N) is 1. The van der Waals surface area contributed by atoms with Crippen molar-refractivity contribution in [2.24, 2.45) is 5.92 Å². The Morgan fingerprint density at radius 1 is 1.17 bits per heavy atom. The van der Waals surface area contributed by atoms with E-state index in [0.717, 1.165) is 25.6 Å². The molecule has 0 saturated carbocycles. The van der Waals surface area contributed by atoms with E-state index in [1.165, 1.54) is 5.69 Å². The van der Waals surface area contributed by atoms with E-state index in [-0.39, 0.29) is 5.69 Å². The van der Waals surface area contributed by atoms with Crippen molar-refractivity contribution in [1.82, 2.24) is 15.3 Å². The monoisotopic (exact) mass is 428 g/mol. The zero-order valence-electron chi connectivity index (χ0n) is 15.5. The number of rotatable bonds is 4. The number of aromatic nitrogens is 2. The molecule has 0 radical (unpaired) electrons. The van der Waals surface area contributed by atoms with Crippen LogP contribution in [0.25, 0.3) is 0 Å². The number of carboxylic acids is 1. The zero-order chi connectivity index (χ0) is 22.3. The molecule has 30 heavy (non-hydrogen) atoms. The molecule has 1 aromatic carbocycles. The highest BCUT2D eigenvalue weighted by Gasteiger charge is 2.38. The molecule has 1 atom stereocenters. The predicted molar refractivity (Wildman–Crippen MR) is 100 cm³/mol. The summed E-state index contributed by atoms with van der Waals surface area (Å²) in [5, 5.41) is 9.90. The van der Waals surface area contributed by atoms with Crippen LogP contribution in [-0.4, -0.2) is 52.8 Å². The van der Waals surface area contributed by atoms with Crippen LogP contribution in [0.3, 0.4) is 0 Å². The van der Waals surface area contributed by atoms with E-state index < -0.39 is 29.3 Å². The molecule has 4 N–H and O–H groups in total. The van der Waals surface area contributed by atoms with Crippen molar-refractivity contribution >= 4 is 17.6 Å². The molecule has 1 aliphatic rings. The number of para-hydroxylation sites is 1. The summed E-state index contributed by atoms with van der Waals surface area (Å²) in [5.74, 6) is -2.85. The van der Waals surface area contributed by atoms with Crippen molar-refractivity contribution in [2.45, 2.75) is 12.6 Å². The van der Waals surface area contributed by atoms with Gasteiger partial charge in [-0.25, -0.2) is 9.59 Å². The van der Waals surface area contributed by atoms with E-state index in [9.17, 15) is 27.6 Å². The highest BCUT2D eigenvalue weighted by Crippen LogP contribution is 2.22. The third-order valence-corrected chi connectivity index (χ3v) is 4.21. The molecular formula is C18H19F3N4O5. The summed E-state index contributed by atoms with van der Waals surface area (Å²) >= 11 is 0. The Morgan fingerprint density at radius 2 is 1.80 bits per heavy atom. The minimum absolute atomic E-state index is 0.0170. The van der Waals surface area contributed by atoms with Crippen LogP contribution in [0.4, 0.5) is 18.9 Å². The van der Waals surface area contributed by atoms with Crippen LogP contribution in [0.1, 0.15) is 16.9 Å². The summed E-state index contributed by atoms with van der Waals surface area (Å²) in [6, 6.07) is 11.2. The molecule has 1 amide bonds. The fourth-order valence-electron chi connectivity index (χ4n) is 2.80.